The molecule has 0 aliphatic carbocycles. The number of aromatic hydroxyl groups is 1. The van der Waals surface area contributed by atoms with Gasteiger partial charge >= 0.3 is 0 Å². The number of hydrogen-bond donors (Lipinski definition) is 2. The van der Waals surface area contributed by atoms with Crippen LogP contribution in [0.4, 0.5) is 0 Å². The first-order valence-electron chi connectivity index (χ1n) is 12.6. The molecule has 1 amide bonds. The maximum atomic E-state index is 13.3. The number of likely N-dealkylation sites (tertiary alicyclic amines) is 2. The molecular formula is C28H31Cl2N3O3. The maximum absolute atomic E-state index is 13.3. The third-order valence-electron chi connectivity index (χ3n) is 7.84. The van der Waals surface area contributed by atoms with Gasteiger partial charge in [0.25, 0.3) is 5.91 Å². The Morgan fingerprint density at radius 3 is 2.50 bits per heavy atom. The molecule has 2 saturated heterocycles. The third-order valence-corrected chi connectivity index (χ3v) is 8.58. The number of carbonyl (C=O) groups excluding carboxylic acids is 1. The Kier molecular flexibility index (Phi) is 7.68. The molecule has 2 aliphatic heterocycles. The summed E-state index contributed by atoms with van der Waals surface area (Å²) in [4.78, 5) is 21.9. The second kappa shape index (κ2) is 10.9. The first kappa shape index (κ1) is 25.3. The molecule has 0 radical (unpaired) electrons. The number of halogens is 2. The van der Waals surface area contributed by atoms with Crippen molar-refractivity contribution in [3.63, 3.8) is 0 Å². The van der Waals surface area contributed by atoms with E-state index in [1.54, 1.807) is 6.07 Å². The summed E-state index contributed by atoms with van der Waals surface area (Å²) in [5.41, 5.74) is 2.28. The topological polar surface area (TPSA) is 76.9 Å². The summed E-state index contributed by atoms with van der Waals surface area (Å²) in [6.07, 6.45) is 3.70. The van der Waals surface area contributed by atoms with Crippen LogP contribution >= 0.6 is 23.2 Å². The number of piperidine rings is 2. The van der Waals surface area contributed by atoms with Gasteiger partial charge in [0.15, 0.2) is 0 Å². The molecule has 0 spiro atoms. The molecule has 0 saturated carbocycles. The van der Waals surface area contributed by atoms with Crippen LogP contribution in [0.3, 0.4) is 0 Å². The summed E-state index contributed by atoms with van der Waals surface area (Å²) in [6, 6.07) is 15.1. The van der Waals surface area contributed by atoms with Crippen molar-refractivity contribution in [2.75, 3.05) is 32.8 Å². The molecule has 2 fully saturated rings. The Bertz CT molecular complexity index is 1250. The minimum absolute atomic E-state index is 0.0593. The lowest BCUT2D eigenvalue weighted by Gasteiger charge is -2.44. The number of carbonyl (C=O) groups is 1. The monoisotopic (exact) mass is 527 g/mol. The van der Waals surface area contributed by atoms with Crippen LogP contribution in [0, 0.1) is 11.8 Å². The molecule has 0 unspecified atom stereocenters. The van der Waals surface area contributed by atoms with Crippen molar-refractivity contribution in [3.8, 4) is 5.88 Å². The van der Waals surface area contributed by atoms with Gasteiger partial charge in [-0.05, 0) is 67.8 Å². The first-order chi connectivity index (χ1) is 17.4. The molecule has 2 aliphatic rings. The lowest BCUT2D eigenvalue weighted by Crippen LogP contribution is -2.52. The number of rotatable bonds is 5. The Morgan fingerprint density at radius 1 is 0.972 bits per heavy atom. The van der Waals surface area contributed by atoms with Crippen molar-refractivity contribution in [1.29, 1.82) is 0 Å². The van der Waals surface area contributed by atoms with Crippen LogP contribution in [-0.4, -0.2) is 69.7 Å². The van der Waals surface area contributed by atoms with Crippen molar-refractivity contribution in [3.05, 3.63) is 69.7 Å². The van der Waals surface area contributed by atoms with Gasteiger partial charge in [-0.3, -0.25) is 9.69 Å². The Labute approximate surface area is 221 Å². The van der Waals surface area contributed by atoms with Gasteiger partial charge in [0.05, 0.1) is 21.1 Å². The van der Waals surface area contributed by atoms with Gasteiger partial charge < -0.3 is 15.1 Å². The number of benzene rings is 2. The summed E-state index contributed by atoms with van der Waals surface area (Å²) >= 11 is 12.3. The van der Waals surface area contributed by atoms with Crippen LogP contribution in [0.15, 0.2) is 48.5 Å². The van der Waals surface area contributed by atoms with Gasteiger partial charge in [0.1, 0.15) is 0 Å². The van der Waals surface area contributed by atoms with E-state index in [2.05, 4.69) is 9.88 Å². The average molecular weight is 528 g/mol. The van der Waals surface area contributed by atoms with Gasteiger partial charge in [0, 0.05) is 43.7 Å². The van der Waals surface area contributed by atoms with E-state index in [1.807, 2.05) is 41.3 Å². The highest BCUT2D eigenvalue weighted by Gasteiger charge is 2.34. The number of fused-ring (bicyclic) bond motifs is 1. The van der Waals surface area contributed by atoms with Crippen LogP contribution in [-0.2, 0) is 6.42 Å². The predicted molar refractivity (Wildman–Crippen MR) is 143 cm³/mol. The fraction of sp³-hybridized carbons (Fsp3) is 0.429. The van der Waals surface area contributed by atoms with E-state index in [0.717, 1.165) is 49.7 Å². The van der Waals surface area contributed by atoms with Gasteiger partial charge in [-0.25, -0.2) is 4.98 Å². The number of nitrogens with zero attached hydrogens (tertiary/aromatic N) is 3. The SMILES string of the molecule is O=C(c1cc(O)nc2ccccc12)N1CCC(N2CC[C@H](Cc3ccc(Cl)c(Cl)c3)[C@H](CO)C2)CC1. The van der Waals surface area contributed by atoms with Crippen molar-refractivity contribution in [2.45, 2.75) is 31.7 Å². The van der Waals surface area contributed by atoms with E-state index >= 15 is 0 Å². The fourth-order valence-electron chi connectivity index (χ4n) is 5.83. The molecule has 6 nitrogen and oxygen atoms in total. The van der Waals surface area contributed by atoms with Crippen LogP contribution in [0.5, 0.6) is 5.88 Å². The minimum atomic E-state index is -0.134. The van der Waals surface area contributed by atoms with Crippen LogP contribution < -0.4 is 0 Å². The molecule has 2 atom stereocenters. The lowest BCUT2D eigenvalue weighted by atomic mass is 9.80. The standard InChI is InChI=1S/C28H31Cl2N3O3/c29-24-6-5-18(14-25(24)30)13-19-7-10-33(16-20(19)17-34)21-8-11-32(12-9-21)28(36)23-15-27(35)31-26-4-2-1-3-22(23)26/h1-6,14-15,19-21,34H,7-13,16-17H2,(H,31,35)/t19-,20+/m1/s1. The number of aliphatic hydroxyl groups excluding tert-OH is 1. The number of aromatic nitrogens is 1. The zero-order valence-corrected chi connectivity index (χ0v) is 21.6. The number of pyridine rings is 1. The first-order valence-corrected chi connectivity index (χ1v) is 13.4. The Morgan fingerprint density at radius 2 is 1.75 bits per heavy atom. The van der Waals surface area contributed by atoms with Crippen molar-refractivity contribution in [1.82, 2.24) is 14.8 Å². The summed E-state index contributed by atoms with van der Waals surface area (Å²) < 4.78 is 0. The zero-order chi connectivity index (χ0) is 25.2. The van der Waals surface area contributed by atoms with Gasteiger partial charge in [-0.1, -0.05) is 47.5 Å². The molecular weight excluding hydrogens is 497 g/mol. The van der Waals surface area contributed by atoms with E-state index in [9.17, 15) is 15.0 Å². The fourth-order valence-corrected chi connectivity index (χ4v) is 6.15. The lowest BCUT2D eigenvalue weighted by molar-refractivity contribution is 0.0242. The average Bonchev–Trinajstić information content (AvgIpc) is 2.90. The molecule has 0 bridgehead atoms. The third kappa shape index (κ3) is 5.32. The summed E-state index contributed by atoms with van der Waals surface area (Å²) in [7, 11) is 0. The maximum Gasteiger partial charge on any atom is 0.254 e. The normalized spacial score (nSPS) is 21.7. The second-order valence-corrected chi connectivity index (χ2v) is 10.8. The molecule has 1 aromatic heterocycles. The molecule has 3 heterocycles. The minimum Gasteiger partial charge on any atom is -0.493 e. The molecule has 2 N–H and O–H groups in total. The largest absolute Gasteiger partial charge is 0.493 e. The van der Waals surface area contributed by atoms with Crippen LogP contribution in [0.25, 0.3) is 10.9 Å². The molecule has 5 rings (SSSR count). The highest BCUT2D eigenvalue weighted by molar-refractivity contribution is 6.42. The van der Waals surface area contributed by atoms with Gasteiger partial charge in [-0.15, -0.1) is 0 Å². The van der Waals surface area contributed by atoms with E-state index in [4.69, 9.17) is 23.2 Å². The Balaban J connectivity index is 1.19. The summed E-state index contributed by atoms with van der Waals surface area (Å²) in [6.45, 7) is 3.37. The van der Waals surface area contributed by atoms with E-state index < -0.39 is 0 Å². The van der Waals surface area contributed by atoms with Gasteiger partial charge in [0.2, 0.25) is 5.88 Å². The number of para-hydroxylation sites is 1. The molecule has 3 aromatic rings. The zero-order valence-electron chi connectivity index (χ0n) is 20.1. The number of aliphatic hydroxyl groups is 1. The van der Waals surface area contributed by atoms with Crippen molar-refractivity contribution < 1.29 is 15.0 Å². The van der Waals surface area contributed by atoms with Crippen LogP contribution in [0.1, 0.15) is 35.2 Å². The van der Waals surface area contributed by atoms with Crippen LogP contribution in [0.2, 0.25) is 10.0 Å². The van der Waals surface area contributed by atoms with E-state index in [-0.39, 0.29) is 24.3 Å². The summed E-state index contributed by atoms with van der Waals surface area (Å²) in [5, 5.41) is 22.1. The molecule has 2 aromatic carbocycles. The van der Waals surface area contributed by atoms with Gasteiger partial charge in [-0.2, -0.15) is 0 Å². The van der Waals surface area contributed by atoms with Crippen molar-refractivity contribution >= 4 is 40.0 Å². The van der Waals surface area contributed by atoms with E-state index in [0.29, 0.717) is 46.2 Å². The molecule has 190 valence electrons. The smallest absolute Gasteiger partial charge is 0.254 e. The molecule has 8 heteroatoms. The summed E-state index contributed by atoms with van der Waals surface area (Å²) in [5.74, 6) is 0.415. The predicted octanol–water partition coefficient (Wildman–Crippen LogP) is 5.02. The Hall–Kier alpha value is -2.38. The van der Waals surface area contributed by atoms with E-state index in [1.165, 1.54) is 6.07 Å². The van der Waals surface area contributed by atoms with Crippen molar-refractivity contribution in [2.24, 2.45) is 11.8 Å². The number of hydrogen-bond acceptors (Lipinski definition) is 5. The second-order valence-electron chi connectivity index (χ2n) is 10.0. The number of amides is 1. The highest BCUT2D eigenvalue weighted by atomic mass is 35.5. The highest BCUT2D eigenvalue weighted by Crippen LogP contribution is 2.32. The molecule has 36 heavy (non-hydrogen) atoms. The quantitative estimate of drug-likeness (QED) is 0.486.